The highest BCUT2D eigenvalue weighted by atomic mass is 19.1. The Morgan fingerprint density at radius 2 is 2.05 bits per heavy atom. The first kappa shape index (κ1) is 15.0. The highest BCUT2D eigenvalue weighted by molar-refractivity contribution is 6.07. The van der Waals surface area contributed by atoms with Gasteiger partial charge in [-0.3, -0.25) is 4.79 Å². The van der Waals surface area contributed by atoms with Gasteiger partial charge in [-0.25, -0.2) is 9.37 Å². The first-order valence-corrected chi connectivity index (χ1v) is 6.79. The van der Waals surface area contributed by atoms with Crippen molar-refractivity contribution in [3.63, 3.8) is 0 Å². The van der Waals surface area contributed by atoms with Gasteiger partial charge in [0.05, 0.1) is 5.56 Å². The number of anilines is 2. The van der Waals surface area contributed by atoms with Crippen LogP contribution in [0.2, 0.25) is 0 Å². The van der Waals surface area contributed by atoms with E-state index in [0.717, 1.165) is 11.3 Å². The van der Waals surface area contributed by atoms with Crippen LogP contribution in [0.3, 0.4) is 0 Å². The maximum atomic E-state index is 14.3. The Labute approximate surface area is 123 Å². The molecule has 2 aromatic rings. The maximum Gasteiger partial charge on any atom is 0.261 e. The summed E-state index contributed by atoms with van der Waals surface area (Å²) in [6.07, 6.45) is 1.42. The monoisotopic (exact) mass is 287 g/mol. The zero-order chi connectivity index (χ0) is 15.4. The van der Waals surface area contributed by atoms with E-state index in [4.69, 9.17) is 0 Å². The minimum absolute atomic E-state index is 0.0134. The van der Waals surface area contributed by atoms with E-state index < -0.39 is 5.82 Å². The predicted molar refractivity (Wildman–Crippen MR) is 82.3 cm³/mol. The number of aromatic nitrogens is 1. The summed E-state index contributed by atoms with van der Waals surface area (Å²) >= 11 is 0. The van der Waals surface area contributed by atoms with Crippen LogP contribution < -0.4 is 10.2 Å². The van der Waals surface area contributed by atoms with Crippen LogP contribution in [0.5, 0.6) is 0 Å². The van der Waals surface area contributed by atoms with E-state index in [-0.39, 0.29) is 17.3 Å². The third-order valence-corrected chi connectivity index (χ3v) is 3.32. The summed E-state index contributed by atoms with van der Waals surface area (Å²) in [6.45, 7) is 4.25. The Morgan fingerprint density at radius 3 is 2.67 bits per heavy atom. The van der Waals surface area contributed by atoms with Crippen molar-refractivity contribution >= 4 is 17.4 Å². The number of para-hydroxylation sites is 1. The number of rotatable bonds is 4. The molecule has 1 heterocycles. The minimum atomic E-state index is -0.628. The van der Waals surface area contributed by atoms with E-state index in [9.17, 15) is 9.18 Å². The number of halogens is 1. The average Bonchev–Trinajstić information content (AvgIpc) is 2.50. The number of nitrogens with zero attached hydrogens (tertiary/aromatic N) is 2. The molecule has 21 heavy (non-hydrogen) atoms. The molecule has 1 N–H and O–H groups in total. The average molecular weight is 287 g/mol. The number of nitrogens with one attached hydrogen (secondary N) is 1. The molecule has 0 fully saturated rings. The lowest BCUT2D eigenvalue weighted by Gasteiger charge is -2.23. The van der Waals surface area contributed by atoms with Crippen LogP contribution >= 0.6 is 0 Å². The molecule has 110 valence electrons. The summed E-state index contributed by atoms with van der Waals surface area (Å²) in [5, 5.41) is 2.64. The van der Waals surface area contributed by atoms with E-state index in [0.29, 0.717) is 6.54 Å². The van der Waals surface area contributed by atoms with Gasteiger partial charge in [-0.2, -0.15) is 0 Å². The van der Waals surface area contributed by atoms with Gasteiger partial charge in [-0.15, -0.1) is 0 Å². The van der Waals surface area contributed by atoms with Crippen LogP contribution in [0.4, 0.5) is 15.9 Å². The van der Waals surface area contributed by atoms with Gasteiger partial charge >= 0.3 is 0 Å². The molecule has 0 saturated heterocycles. The molecule has 0 unspecified atom stereocenters. The molecule has 0 saturated carbocycles. The van der Waals surface area contributed by atoms with Crippen molar-refractivity contribution in [1.82, 2.24) is 4.98 Å². The van der Waals surface area contributed by atoms with Gasteiger partial charge in [0.2, 0.25) is 0 Å². The van der Waals surface area contributed by atoms with Crippen molar-refractivity contribution in [2.24, 2.45) is 0 Å². The molecule has 0 bridgehead atoms. The largest absolute Gasteiger partial charge is 0.371 e. The molecule has 0 aliphatic rings. The zero-order valence-corrected chi connectivity index (χ0v) is 12.4. The number of pyridine rings is 1. The summed E-state index contributed by atoms with van der Waals surface area (Å²) in [7, 11) is 1.57. The number of amides is 1. The van der Waals surface area contributed by atoms with Gasteiger partial charge < -0.3 is 10.2 Å². The van der Waals surface area contributed by atoms with E-state index in [2.05, 4.69) is 10.3 Å². The van der Waals surface area contributed by atoms with Crippen molar-refractivity contribution in [2.45, 2.75) is 13.8 Å². The van der Waals surface area contributed by atoms with Crippen LogP contribution in [-0.2, 0) is 0 Å². The SMILES string of the molecule is CCN(C(=O)c1ccnc(NC)c1F)c1ccccc1C. The highest BCUT2D eigenvalue weighted by Gasteiger charge is 2.22. The standard InChI is InChI=1S/C16H18FN3O/c1-4-20(13-8-6-5-7-11(13)2)16(21)12-9-10-19-15(18-3)14(12)17/h5-10H,4H2,1-3H3,(H,18,19). The van der Waals surface area contributed by atoms with Crippen LogP contribution in [0, 0.1) is 12.7 Å². The molecule has 0 aliphatic carbocycles. The first-order chi connectivity index (χ1) is 10.1. The van der Waals surface area contributed by atoms with Crippen molar-refractivity contribution in [3.8, 4) is 0 Å². The normalized spacial score (nSPS) is 10.3. The van der Waals surface area contributed by atoms with Crippen LogP contribution in [0.25, 0.3) is 0 Å². The molecule has 0 spiro atoms. The molecular formula is C16H18FN3O. The molecular weight excluding hydrogens is 269 g/mol. The molecule has 0 aliphatic heterocycles. The predicted octanol–water partition coefficient (Wildman–Crippen LogP) is 3.24. The lowest BCUT2D eigenvalue weighted by atomic mass is 10.1. The van der Waals surface area contributed by atoms with Gasteiger partial charge in [-0.05, 0) is 31.5 Å². The molecule has 5 heteroatoms. The fourth-order valence-corrected chi connectivity index (χ4v) is 2.22. The summed E-state index contributed by atoms with van der Waals surface area (Å²) in [5.41, 5.74) is 1.77. The van der Waals surface area contributed by atoms with E-state index in [1.54, 1.807) is 11.9 Å². The fraction of sp³-hybridized carbons (Fsp3) is 0.250. The number of carbonyl (C=O) groups excluding carboxylic acids is 1. The number of aryl methyl sites for hydroxylation is 1. The van der Waals surface area contributed by atoms with Crippen LogP contribution in [0.1, 0.15) is 22.8 Å². The Morgan fingerprint density at radius 1 is 1.33 bits per heavy atom. The van der Waals surface area contributed by atoms with Crippen molar-refractivity contribution < 1.29 is 9.18 Å². The van der Waals surface area contributed by atoms with Crippen molar-refractivity contribution in [3.05, 3.63) is 53.5 Å². The molecule has 1 aromatic heterocycles. The first-order valence-electron chi connectivity index (χ1n) is 6.79. The fourth-order valence-electron chi connectivity index (χ4n) is 2.22. The second-order valence-electron chi connectivity index (χ2n) is 4.61. The quantitative estimate of drug-likeness (QED) is 0.939. The van der Waals surface area contributed by atoms with Crippen LogP contribution in [-0.4, -0.2) is 24.5 Å². The number of hydrogen-bond donors (Lipinski definition) is 1. The second kappa shape index (κ2) is 6.35. The molecule has 1 amide bonds. The molecule has 0 radical (unpaired) electrons. The minimum Gasteiger partial charge on any atom is -0.371 e. The number of benzene rings is 1. The second-order valence-corrected chi connectivity index (χ2v) is 4.61. The van der Waals surface area contributed by atoms with Gasteiger partial charge in [0, 0.05) is 25.5 Å². The topological polar surface area (TPSA) is 45.2 Å². The Bertz CT molecular complexity index is 658. The smallest absolute Gasteiger partial charge is 0.261 e. The Hall–Kier alpha value is -2.43. The maximum absolute atomic E-state index is 14.3. The van der Waals surface area contributed by atoms with Gasteiger partial charge in [0.1, 0.15) is 0 Å². The van der Waals surface area contributed by atoms with Crippen LogP contribution in [0.15, 0.2) is 36.5 Å². The van der Waals surface area contributed by atoms with E-state index >= 15 is 0 Å². The summed E-state index contributed by atoms with van der Waals surface area (Å²) < 4.78 is 14.3. The number of hydrogen-bond acceptors (Lipinski definition) is 3. The Kier molecular flexibility index (Phi) is 4.52. The third-order valence-electron chi connectivity index (χ3n) is 3.32. The molecule has 4 nitrogen and oxygen atoms in total. The summed E-state index contributed by atoms with van der Waals surface area (Å²) in [5.74, 6) is -0.929. The zero-order valence-electron chi connectivity index (χ0n) is 12.4. The summed E-state index contributed by atoms with van der Waals surface area (Å²) in [6, 6.07) is 8.95. The van der Waals surface area contributed by atoms with Gasteiger partial charge in [0.15, 0.2) is 11.6 Å². The molecule has 2 rings (SSSR count). The van der Waals surface area contributed by atoms with E-state index in [1.807, 2.05) is 38.1 Å². The lowest BCUT2D eigenvalue weighted by molar-refractivity contribution is 0.0984. The molecule has 1 aromatic carbocycles. The number of carbonyl (C=O) groups is 1. The third kappa shape index (κ3) is 2.86. The summed E-state index contributed by atoms with van der Waals surface area (Å²) in [4.78, 5) is 18.1. The van der Waals surface area contributed by atoms with Gasteiger partial charge in [0.25, 0.3) is 5.91 Å². The lowest BCUT2D eigenvalue weighted by Crippen LogP contribution is -2.32. The highest BCUT2D eigenvalue weighted by Crippen LogP contribution is 2.23. The Balaban J connectivity index is 2.45. The van der Waals surface area contributed by atoms with Crippen molar-refractivity contribution in [1.29, 1.82) is 0 Å². The molecule has 0 atom stereocenters. The van der Waals surface area contributed by atoms with Crippen molar-refractivity contribution in [2.75, 3.05) is 23.8 Å². The van der Waals surface area contributed by atoms with E-state index in [1.165, 1.54) is 12.3 Å². The van der Waals surface area contributed by atoms with Gasteiger partial charge in [-0.1, -0.05) is 18.2 Å².